The van der Waals surface area contributed by atoms with Crippen LogP contribution in [-0.2, 0) is 0 Å². The SMILES string of the molecule is Nc1n[nH]c(-c2ccc(-c3ccc(F)cc3)o2)n1. The monoisotopic (exact) mass is 244 g/mol. The summed E-state index contributed by atoms with van der Waals surface area (Å²) in [6, 6.07) is 9.58. The van der Waals surface area contributed by atoms with Crippen molar-refractivity contribution in [2.75, 3.05) is 5.73 Å². The van der Waals surface area contributed by atoms with E-state index in [1.54, 1.807) is 24.3 Å². The molecule has 6 heteroatoms. The molecule has 0 aliphatic rings. The van der Waals surface area contributed by atoms with E-state index in [4.69, 9.17) is 10.2 Å². The number of halogens is 1. The molecule has 0 unspecified atom stereocenters. The third-order valence-corrected chi connectivity index (χ3v) is 2.47. The van der Waals surface area contributed by atoms with Gasteiger partial charge < -0.3 is 10.2 Å². The molecule has 0 saturated carbocycles. The van der Waals surface area contributed by atoms with E-state index in [1.807, 2.05) is 0 Å². The summed E-state index contributed by atoms with van der Waals surface area (Å²) in [6.07, 6.45) is 0. The number of nitrogens with one attached hydrogen (secondary N) is 1. The summed E-state index contributed by atoms with van der Waals surface area (Å²) in [7, 11) is 0. The molecule has 3 aromatic rings. The maximum Gasteiger partial charge on any atom is 0.239 e. The lowest BCUT2D eigenvalue weighted by Crippen LogP contribution is -1.85. The predicted octanol–water partition coefficient (Wildman–Crippen LogP) is 2.45. The second-order valence-corrected chi connectivity index (χ2v) is 3.71. The lowest BCUT2D eigenvalue weighted by atomic mass is 10.2. The van der Waals surface area contributed by atoms with Gasteiger partial charge in [0.15, 0.2) is 11.6 Å². The molecule has 0 amide bonds. The first kappa shape index (κ1) is 10.5. The first-order valence-corrected chi connectivity index (χ1v) is 5.26. The van der Waals surface area contributed by atoms with Crippen LogP contribution < -0.4 is 5.73 Å². The van der Waals surface area contributed by atoms with Gasteiger partial charge in [-0.25, -0.2) is 4.39 Å². The summed E-state index contributed by atoms with van der Waals surface area (Å²) in [6.45, 7) is 0. The molecule has 0 aliphatic carbocycles. The van der Waals surface area contributed by atoms with E-state index < -0.39 is 0 Å². The molecule has 0 saturated heterocycles. The van der Waals surface area contributed by atoms with Crippen molar-refractivity contribution < 1.29 is 8.81 Å². The molecule has 0 aliphatic heterocycles. The van der Waals surface area contributed by atoms with E-state index in [2.05, 4.69) is 15.2 Å². The fraction of sp³-hybridized carbons (Fsp3) is 0. The number of furan rings is 1. The van der Waals surface area contributed by atoms with Crippen molar-refractivity contribution in [3.8, 4) is 22.9 Å². The summed E-state index contributed by atoms with van der Waals surface area (Å²) in [5.74, 6) is 1.48. The van der Waals surface area contributed by atoms with Gasteiger partial charge in [-0.05, 0) is 36.4 Å². The molecule has 5 nitrogen and oxygen atoms in total. The van der Waals surface area contributed by atoms with Crippen LogP contribution in [0.2, 0.25) is 0 Å². The molecule has 0 fully saturated rings. The van der Waals surface area contributed by atoms with Crippen molar-refractivity contribution in [3.63, 3.8) is 0 Å². The fourth-order valence-electron chi connectivity index (χ4n) is 1.62. The summed E-state index contributed by atoms with van der Waals surface area (Å²) in [5.41, 5.74) is 6.20. The Morgan fingerprint density at radius 2 is 1.78 bits per heavy atom. The average Bonchev–Trinajstić information content (AvgIpc) is 2.98. The van der Waals surface area contributed by atoms with Gasteiger partial charge >= 0.3 is 0 Å². The van der Waals surface area contributed by atoms with Gasteiger partial charge in [-0.2, -0.15) is 4.98 Å². The highest BCUT2D eigenvalue weighted by Crippen LogP contribution is 2.26. The molecule has 18 heavy (non-hydrogen) atoms. The number of H-pyrrole nitrogens is 1. The van der Waals surface area contributed by atoms with Gasteiger partial charge in [0, 0.05) is 5.56 Å². The molecule has 0 bridgehead atoms. The van der Waals surface area contributed by atoms with Crippen molar-refractivity contribution in [1.82, 2.24) is 15.2 Å². The number of hydrogen-bond donors (Lipinski definition) is 2. The number of hydrogen-bond acceptors (Lipinski definition) is 4. The van der Waals surface area contributed by atoms with Crippen LogP contribution >= 0.6 is 0 Å². The van der Waals surface area contributed by atoms with Crippen LogP contribution in [0.4, 0.5) is 10.3 Å². The van der Waals surface area contributed by atoms with Gasteiger partial charge in [0.1, 0.15) is 11.6 Å². The molecule has 0 radical (unpaired) electrons. The topological polar surface area (TPSA) is 80.7 Å². The Balaban J connectivity index is 1.96. The quantitative estimate of drug-likeness (QED) is 0.725. The Labute approximate surface area is 101 Å². The van der Waals surface area contributed by atoms with Gasteiger partial charge in [-0.3, -0.25) is 5.10 Å². The summed E-state index contributed by atoms with van der Waals surface area (Å²) < 4.78 is 18.4. The first-order valence-electron chi connectivity index (χ1n) is 5.26. The van der Waals surface area contributed by atoms with Gasteiger partial charge in [0.2, 0.25) is 5.95 Å². The maximum atomic E-state index is 12.8. The summed E-state index contributed by atoms with van der Waals surface area (Å²) in [5, 5.41) is 6.37. The van der Waals surface area contributed by atoms with Crippen molar-refractivity contribution in [2.45, 2.75) is 0 Å². The van der Waals surface area contributed by atoms with E-state index in [0.29, 0.717) is 17.3 Å². The van der Waals surface area contributed by atoms with Crippen LogP contribution in [-0.4, -0.2) is 15.2 Å². The van der Waals surface area contributed by atoms with Gasteiger partial charge in [0.25, 0.3) is 0 Å². The van der Waals surface area contributed by atoms with Crippen molar-refractivity contribution in [3.05, 3.63) is 42.2 Å². The Morgan fingerprint density at radius 3 is 2.44 bits per heavy atom. The minimum Gasteiger partial charge on any atom is -0.453 e. The highest BCUT2D eigenvalue weighted by Gasteiger charge is 2.10. The zero-order valence-electron chi connectivity index (χ0n) is 9.22. The second-order valence-electron chi connectivity index (χ2n) is 3.71. The predicted molar refractivity (Wildman–Crippen MR) is 63.9 cm³/mol. The number of rotatable bonds is 2. The Morgan fingerprint density at radius 1 is 1.06 bits per heavy atom. The van der Waals surface area contributed by atoms with E-state index in [9.17, 15) is 4.39 Å². The summed E-state index contributed by atoms with van der Waals surface area (Å²) >= 11 is 0. The Kier molecular flexibility index (Phi) is 2.33. The summed E-state index contributed by atoms with van der Waals surface area (Å²) in [4.78, 5) is 3.96. The number of nitrogens with zero attached hydrogens (tertiary/aromatic N) is 2. The standard InChI is InChI=1S/C12H9FN4O/c13-8-3-1-7(2-4-8)9-5-6-10(18-9)11-15-12(14)17-16-11/h1-6H,(H3,14,15,16,17). The van der Waals surface area contributed by atoms with Crippen LogP contribution in [0.15, 0.2) is 40.8 Å². The zero-order valence-corrected chi connectivity index (χ0v) is 9.22. The van der Waals surface area contributed by atoms with Crippen LogP contribution in [0.1, 0.15) is 0 Å². The smallest absolute Gasteiger partial charge is 0.239 e. The minimum absolute atomic E-state index is 0.157. The number of nitrogens with two attached hydrogens (primary N) is 1. The van der Waals surface area contributed by atoms with Crippen LogP contribution in [0, 0.1) is 5.82 Å². The Bertz CT molecular complexity index is 671. The molecule has 3 rings (SSSR count). The molecule has 0 atom stereocenters. The van der Waals surface area contributed by atoms with E-state index >= 15 is 0 Å². The van der Waals surface area contributed by atoms with Gasteiger partial charge in [-0.15, -0.1) is 5.10 Å². The first-order chi connectivity index (χ1) is 8.72. The number of aromatic nitrogens is 3. The van der Waals surface area contributed by atoms with Crippen molar-refractivity contribution in [2.24, 2.45) is 0 Å². The maximum absolute atomic E-state index is 12.8. The van der Waals surface area contributed by atoms with Crippen molar-refractivity contribution in [1.29, 1.82) is 0 Å². The minimum atomic E-state index is -0.284. The van der Waals surface area contributed by atoms with Crippen molar-refractivity contribution >= 4 is 5.95 Å². The van der Waals surface area contributed by atoms with Gasteiger partial charge in [0.05, 0.1) is 0 Å². The third-order valence-electron chi connectivity index (χ3n) is 2.47. The average molecular weight is 244 g/mol. The molecule has 0 spiro atoms. The van der Waals surface area contributed by atoms with E-state index in [-0.39, 0.29) is 11.8 Å². The highest BCUT2D eigenvalue weighted by molar-refractivity contribution is 5.61. The van der Waals surface area contributed by atoms with E-state index in [0.717, 1.165) is 5.56 Å². The van der Waals surface area contributed by atoms with Crippen LogP contribution in [0.5, 0.6) is 0 Å². The fourth-order valence-corrected chi connectivity index (χ4v) is 1.62. The third kappa shape index (κ3) is 1.84. The molecule has 2 heterocycles. The normalized spacial score (nSPS) is 10.7. The Hall–Kier alpha value is -2.63. The molecule has 1 aromatic carbocycles. The number of aromatic amines is 1. The lowest BCUT2D eigenvalue weighted by Gasteiger charge is -1.96. The molecular weight excluding hydrogens is 235 g/mol. The molecular formula is C12H9FN4O. The molecule has 2 aromatic heterocycles. The largest absolute Gasteiger partial charge is 0.453 e. The second kappa shape index (κ2) is 3.99. The van der Waals surface area contributed by atoms with Crippen LogP contribution in [0.25, 0.3) is 22.9 Å². The lowest BCUT2D eigenvalue weighted by molar-refractivity contribution is 0.591. The zero-order chi connectivity index (χ0) is 12.5. The number of anilines is 1. The molecule has 90 valence electrons. The number of benzene rings is 1. The van der Waals surface area contributed by atoms with Crippen LogP contribution in [0.3, 0.4) is 0 Å². The highest BCUT2D eigenvalue weighted by atomic mass is 19.1. The number of nitrogen functional groups attached to an aromatic ring is 1. The molecule has 3 N–H and O–H groups in total. The van der Waals surface area contributed by atoms with Gasteiger partial charge in [-0.1, -0.05) is 0 Å². The van der Waals surface area contributed by atoms with E-state index in [1.165, 1.54) is 12.1 Å².